The highest BCUT2D eigenvalue weighted by Gasteiger charge is 2.49. The third-order valence-electron chi connectivity index (χ3n) is 22.1. The van der Waals surface area contributed by atoms with E-state index in [0.29, 0.717) is 75.6 Å². The van der Waals surface area contributed by atoms with Crippen molar-refractivity contribution in [1.29, 1.82) is 0 Å². The van der Waals surface area contributed by atoms with Crippen LogP contribution in [0.1, 0.15) is 138 Å². The van der Waals surface area contributed by atoms with Gasteiger partial charge in [0.15, 0.2) is 0 Å². The number of sulfone groups is 1. The number of unbranched alkanes of at least 4 members (excludes halogenated alkanes) is 4. The Morgan fingerprint density at radius 1 is 0.766 bits per heavy atom. The number of aliphatic hydroxyl groups excluding tert-OH is 1. The molecule has 5 aromatic carbocycles. The number of aryl methyl sites for hydroxylation is 1. The number of sulfonamides is 1. The fourth-order valence-corrected chi connectivity index (χ4v) is 19.6. The van der Waals surface area contributed by atoms with Gasteiger partial charge in [-0.2, -0.15) is 13.2 Å². The number of hydrogen-bond donors (Lipinski definition) is 5. The van der Waals surface area contributed by atoms with Gasteiger partial charge in [-0.1, -0.05) is 119 Å². The fraction of sp³-hybridized carbons (Fsp3) is 0.524. The van der Waals surface area contributed by atoms with Gasteiger partial charge in [0.05, 0.1) is 52.0 Å². The fourth-order valence-electron chi connectivity index (χ4n) is 15.6. The number of likely N-dealkylation sites (tertiary alicyclic amines) is 1. The molecule has 6 atom stereocenters. The second-order valence-electron chi connectivity index (χ2n) is 31.7. The minimum atomic E-state index is -6.10. The first-order valence-corrected chi connectivity index (χ1v) is 43.9. The highest BCUT2D eigenvalue weighted by molar-refractivity contribution is 7.99. The van der Waals surface area contributed by atoms with Gasteiger partial charge in [0.1, 0.15) is 17.0 Å². The van der Waals surface area contributed by atoms with Crippen molar-refractivity contribution in [3.05, 3.63) is 160 Å². The number of hydrogen-bond acceptors (Lipinski definition) is 19. The van der Waals surface area contributed by atoms with Crippen LogP contribution < -0.4 is 25.6 Å². The highest BCUT2D eigenvalue weighted by Crippen LogP contribution is 2.45. The lowest BCUT2D eigenvalue weighted by Crippen LogP contribution is -2.57. The standard InChI is InChI=1S/C82H107ClF3N11O10S4/c1-57(59-18-20-61(21-19-59)75-58(2)87-56-109-75)88-78(101)72-49-67(98)53-97(72)79(102)76(80(3,4)5)90-74(99)17-13-8-7-9-14-35-92-37-39-95(40-38-92)55-81(6)34-32-70(60-22-26-64(83)27-23-60)63(51-81)52-94-41-43-96(44-42-94)66-28-24-62(25-29-66)77(100)91-111(105,106)69-30-31-71(73(50-69)110(103,104)82(84,85)86)89-65(33-36-93-45-47-107-48-46-93)54-108-68-15-11-10-12-16-68/h10-12,15-16,18-31,50,56-57,65,67,72,76,89,98H,7-9,13-14,17,32-49,51-55H2,1-6H3,(H,88,101)(H,90,99)(H,91,100)/t57-,65+,67+,72-,76+,81?/m0/s1. The Kier molecular flexibility index (Phi) is 29.1. The number of amides is 4. The Morgan fingerprint density at radius 3 is 2.08 bits per heavy atom. The quantitative estimate of drug-likeness (QED) is 0.0195. The van der Waals surface area contributed by atoms with Gasteiger partial charge < -0.3 is 45.4 Å². The molecule has 602 valence electrons. The molecule has 0 spiro atoms. The minimum Gasteiger partial charge on any atom is -0.391 e. The predicted molar refractivity (Wildman–Crippen MR) is 433 cm³/mol. The molecule has 0 radical (unpaired) electrons. The van der Waals surface area contributed by atoms with E-state index in [0.717, 1.165) is 148 Å². The third-order valence-corrected chi connectivity index (χ3v) is 27.3. The average Bonchev–Trinajstić information content (AvgIpc) is 1.46. The maximum absolute atomic E-state index is 14.4. The molecule has 29 heteroatoms. The molecule has 1 aromatic heterocycles. The summed E-state index contributed by atoms with van der Waals surface area (Å²) in [6.45, 7) is 24.7. The molecule has 0 saturated carbocycles. The van der Waals surface area contributed by atoms with Crippen LogP contribution in [-0.2, 0) is 39.0 Å². The van der Waals surface area contributed by atoms with Crippen LogP contribution in [0.3, 0.4) is 0 Å². The smallest absolute Gasteiger partial charge is 0.391 e. The molecule has 5 N–H and O–H groups in total. The van der Waals surface area contributed by atoms with E-state index in [-0.39, 0.29) is 54.1 Å². The summed E-state index contributed by atoms with van der Waals surface area (Å²) in [5.74, 6) is -1.62. The molecule has 5 aliphatic rings. The number of allylic oxidation sites excluding steroid dienone is 1. The topological polar surface area (TPSA) is 246 Å². The lowest BCUT2D eigenvalue weighted by Gasteiger charge is -2.44. The number of thiazole rings is 1. The van der Waals surface area contributed by atoms with Crippen LogP contribution in [0.25, 0.3) is 16.0 Å². The number of halogens is 4. The predicted octanol–water partition coefficient (Wildman–Crippen LogP) is 12.6. The van der Waals surface area contributed by atoms with E-state index in [9.17, 15) is 54.3 Å². The number of carbonyl (C=O) groups is 4. The summed E-state index contributed by atoms with van der Waals surface area (Å²) in [5, 5.41) is 20.6. The second kappa shape index (κ2) is 38.0. The van der Waals surface area contributed by atoms with Crippen molar-refractivity contribution in [3.8, 4) is 10.4 Å². The molecular formula is C82H107ClF3N11O10S4. The van der Waals surface area contributed by atoms with Crippen molar-refractivity contribution in [2.24, 2.45) is 10.8 Å². The zero-order chi connectivity index (χ0) is 79.3. The molecule has 111 heavy (non-hydrogen) atoms. The first kappa shape index (κ1) is 84.9. The number of β-amino-alcohol motifs (C(OH)–C–C–N with tert-alkyl or cyclic N) is 1. The van der Waals surface area contributed by atoms with Gasteiger partial charge in [0, 0.05) is 137 Å². The number of nitrogens with one attached hydrogen (secondary N) is 4. The van der Waals surface area contributed by atoms with Crippen molar-refractivity contribution in [1.82, 2.24) is 44.8 Å². The Hall–Kier alpha value is -6.96. The van der Waals surface area contributed by atoms with Crippen LogP contribution in [0.2, 0.25) is 5.02 Å². The Balaban J connectivity index is 0.613. The van der Waals surface area contributed by atoms with Gasteiger partial charge >= 0.3 is 5.51 Å². The highest BCUT2D eigenvalue weighted by atomic mass is 35.5. The molecule has 21 nitrogen and oxygen atoms in total. The van der Waals surface area contributed by atoms with E-state index in [2.05, 4.69) is 64.5 Å². The number of alkyl halides is 3. The number of rotatable bonds is 32. The summed E-state index contributed by atoms with van der Waals surface area (Å²) < 4.78 is 105. The van der Waals surface area contributed by atoms with Crippen LogP contribution in [0.4, 0.5) is 24.5 Å². The van der Waals surface area contributed by atoms with Crippen molar-refractivity contribution < 1.29 is 59.0 Å². The number of carbonyl (C=O) groups excluding carboxylic acids is 4. The first-order chi connectivity index (χ1) is 52.9. The number of ether oxygens (including phenoxy) is 1. The maximum atomic E-state index is 14.4. The normalized spacial score (nSPS) is 20.4. The molecule has 4 aliphatic heterocycles. The summed E-state index contributed by atoms with van der Waals surface area (Å²) in [4.78, 5) is 73.0. The van der Waals surface area contributed by atoms with Crippen LogP contribution in [-0.4, -0.2) is 222 Å². The van der Waals surface area contributed by atoms with Gasteiger partial charge in [-0.05, 0) is 159 Å². The van der Waals surface area contributed by atoms with Gasteiger partial charge in [-0.3, -0.25) is 29.0 Å². The summed E-state index contributed by atoms with van der Waals surface area (Å²) in [6.07, 6.45) is 7.64. The van der Waals surface area contributed by atoms with Gasteiger partial charge in [0.25, 0.3) is 25.8 Å². The number of thioether (sulfide) groups is 1. The number of benzene rings is 5. The Labute approximate surface area is 665 Å². The molecule has 4 saturated heterocycles. The minimum absolute atomic E-state index is 0.00813. The zero-order valence-electron chi connectivity index (χ0n) is 64.4. The van der Waals surface area contributed by atoms with Crippen LogP contribution in [0.15, 0.2) is 147 Å². The van der Waals surface area contributed by atoms with Crippen molar-refractivity contribution in [2.75, 3.05) is 127 Å². The van der Waals surface area contributed by atoms with E-state index < -0.39 is 76.4 Å². The molecule has 11 rings (SSSR count). The Morgan fingerprint density at radius 2 is 1.41 bits per heavy atom. The number of piperazine rings is 2. The summed E-state index contributed by atoms with van der Waals surface area (Å²) in [6, 6.07) is 31.7. The van der Waals surface area contributed by atoms with Crippen LogP contribution in [0.5, 0.6) is 0 Å². The molecule has 0 bridgehead atoms. The average molecular weight is 1630 g/mol. The van der Waals surface area contributed by atoms with Crippen molar-refractivity contribution in [2.45, 2.75) is 163 Å². The lowest BCUT2D eigenvalue weighted by atomic mass is 9.71. The second-order valence-corrected chi connectivity index (χ2v) is 37.6. The van der Waals surface area contributed by atoms with E-state index in [4.69, 9.17) is 16.3 Å². The molecule has 4 fully saturated rings. The van der Waals surface area contributed by atoms with Crippen molar-refractivity contribution >= 4 is 95.1 Å². The van der Waals surface area contributed by atoms with E-state index >= 15 is 0 Å². The molecule has 5 heterocycles. The van der Waals surface area contributed by atoms with E-state index in [1.54, 1.807) is 23.5 Å². The lowest BCUT2D eigenvalue weighted by molar-refractivity contribution is -0.144. The molecule has 1 unspecified atom stereocenters. The SMILES string of the molecule is Cc1ncsc1-c1ccc([C@H](C)NC(=O)[C@@H]2C[C@@H](O)CN2C(=O)[C@@H](NC(=O)CCCCCCCN2CCN(CC3(C)CCC(c4ccc(Cl)cc4)=C(CN4CCN(c5ccc(C(=O)NS(=O)(=O)c6ccc(N[C@H](CCN7CCOCC7)CSc7ccccc7)c(S(=O)(=O)C(F)(F)F)c6)cc5)CC4)C3)CC2)C(C)(C)C)cc1. The largest absolute Gasteiger partial charge is 0.501 e. The number of anilines is 2. The molecule has 1 aliphatic carbocycles. The van der Waals surface area contributed by atoms with E-state index in [1.807, 2.05) is 112 Å². The third kappa shape index (κ3) is 23.0. The van der Waals surface area contributed by atoms with Crippen LogP contribution in [0, 0.1) is 17.8 Å². The summed E-state index contributed by atoms with van der Waals surface area (Å²) in [7, 11) is -11.0. The number of aromatic nitrogens is 1. The first-order valence-electron chi connectivity index (χ1n) is 38.7. The number of aliphatic hydroxyl groups is 1. The number of morpholine rings is 1. The van der Waals surface area contributed by atoms with Gasteiger partial charge in [-0.25, -0.2) is 26.5 Å². The van der Waals surface area contributed by atoms with Crippen LogP contribution >= 0.6 is 34.7 Å². The molecule has 6 aromatic rings. The molecular weight excluding hydrogens is 1520 g/mol. The van der Waals surface area contributed by atoms with Gasteiger partial charge in [0.2, 0.25) is 17.7 Å². The molecule has 4 amide bonds. The monoisotopic (exact) mass is 1630 g/mol. The Bertz CT molecular complexity index is 4400. The number of nitrogens with zero attached hydrogens (tertiary/aromatic N) is 7. The summed E-state index contributed by atoms with van der Waals surface area (Å²) in [5.41, 5.74) is 2.75. The zero-order valence-corrected chi connectivity index (χ0v) is 68.4. The van der Waals surface area contributed by atoms with Crippen molar-refractivity contribution in [3.63, 3.8) is 0 Å². The summed E-state index contributed by atoms with van der Waals surface area (Å²) >= 11 is 9.43. The maximum Gasteiger partial charge on any atom is 0.501 e. The van der Waals surface area contributed by atoms with E-state index in [1.165, 1.54) is 45.5 Å². The van der Waals surface area contributed by atoms with Gasteiger partial charge in [-0.15, -0.1) is 23.1 Å².